The molecule has 4 aromatic rings. The third-order valence-electron chi connectivity index (χ3n) is 4.10. The van der Waals surface area contributed by atoms with E-state index in [2.05, 4.69) is 25.0 Å². The van der Waals surface area contributed by atoms with Gasteiger partial charge in [-0.2, -0.15) is 22.0 Å². The molecule has 0 bridgehead atoms. The number of alkyl halides is 5. The van der Waals surface area contributed by atoms with E-state index in [0.29, 0.717) is 0 Å². The van der Waals surface area contributed by atoms with Gasteiger partial charge in [-0.15, -0.1) is 0 Å². The smallest absolute Gasteiger partial charge is 0.432 e. The monoisotopic (exact) mass is 439 g/mol. The average molecular weight is 439 g/mol. The van der Waals surface area contributed by atoms with E-state index in [4.69, 9.17) is 0 Å². The Balaban J connectivity index is 1.71. The van der Waals surface area contributed by atoms with Gasteiger partial charge in [0.1, 0.15) is 22.9 Å². The van der Waals surface area contributed by atoms with Gasteiger partial charge < -0.3 is 10.1 Å². The highest BCUT2D eigenvalue weighted by atomic mass is 19.4. The fraction of sp³-hybridized carbons (Fsp3) is 0.105. The minimum Gasteiger partial charge on any atom is -0.432 e. The number of halogens is 6. The van der Waals surface area contributed by atoms with Crippen molar-refractivity contribution in [2.75, 3.05) is 5.32 Å². The van der Waals surface area contributed by atoms with E-state index in [1.807, 2.05) is 0 Å². The standard InChI is InChI=1S/C19H11F6N5O/c20-11-7-10(4-5-13(11)31-18(21)22)27-14-9-26-8-12(28-14)16-17(19(23,24)25)29-15-3-1-2-6-30(15)16/h1-9,18H,(H,27,28). The first-order chi connectivity index (χ1) is 14.7. The molecule has 0 atom stereocenters. The molecule has 0 fully saturated rings. The van der Waals surface area contributed by atoms with Crippen molar-refractivity contribution >= 4 is 17.2 Å². The van der Waals surface area contributed by atoms with Crippen molar-refractivity contribution in [1.82, 2.24) is 19.4 Å². The van der Waals surface area contributed by atoms with Crippen molar-refractivity contribution in [3.63, 3.8) is 0 Å². The van der Waals surface area contributed by atoms with Gasteiger partial charge in [0.15, 0.2) is 17.3 Å². The van der Waals surface area contributed by atoms with E-state index < -0.39 is 30.0 Å². The summed E-state index contributed by atoms with van der Waals surface area (Å²) in [4.78, 5) is 11.7. The normalized spacial score (nSPS) is 11.8. The average Bonchev–Trinajstić information content (AvgIpc) is 3.10. The number of hydrogen-bond donors (Lipinski definition) is 1. The van der Waals surface area contributed by atoms with Gasteiger partial charge in [0.2, 0.25) is 0 Å². The zero-order chi connectivity index (χ0) is 22.2. The summed E-state index contributed by atoms with van der Waals surface area (Å²) in [5, 5.41) is 2.67. The zero-order valence-corrected chi connectivity index (χ0v) is 15.2. The first kappa shape index (κ1) is 20.4. The number of pyridine rings is 1. The Kier molecular flexibility index (Phi) is 5.13. The van der Waals surface area contributed by atoms with Crippen LogP contribution in [-0.4, -0.2) is 26.0 Å². The number of hydrogen-bond acceptors (Lipinski definition) is 5. The summed E-state index contributed by atoms with van der Waals surface area (Å²) >= 11 is 0. The van der Waals surface area contributed by atoms with E-state index in [1.54, 1.807) is 12.1 Å². The van der Waals surface area contributed by atoms with Crippen LogP contribution in [0.2, 0.25) is 0 Å². The van der Waals surface area contributed by atoms with Crippen molar-refractivity contribution in [1.29, 1.82) is 0 Å². The predicted molar refractivity (Wildman–Crippen MR) is 97.5 cm³/mol. The zero-order valence-electron chi connectivity index (χ0n) is 15.2. The molecular weight excluding hydrogens is 428 g/mol. The SMILES string of the molecule is Fc1cc(Nc2cncc(-c3c(C(F)(F)F)nc4ccccn34)n2)ccc1OC(F)F. The number of benzene rings is 1. The number of nitrogens with zero attached hydrogens (tertiary/aromatic N) is 4. The molecule has 0 aliphatic heterocycles. The fourth-order valence-corrected chi connectivity index (χ4v) is 2.90. The molecule has 1 aromatic carbocycles. The van der Waals surface area contributed by atoms with Crippen LogP contribution < -0.4 is 10.1 Å². The van der Waals surface area contributed by atoms with Gasteiger partial charge in [-0.05, 0) is 24.3 Å². The van der Waals surface area contributed by atoms with Gasteiger partial charge in [-0.3, -0.25) is 9.38 Å². The molecule has 3 heterocycles. The maximum absolute atomic E-state index is 13.9. The predicted octanol–water partition coefficient (Wildman–Crippen LogP) is 5.29. The topological polar surface area (TPSA) is 64.3 Å². The highest BCUT2D eigenvalue weighted by Crippen LogP contribution is 2.36. The molecule has 4 rings (SSSR count). The van der Waals surface area contributed by atoms with E-state index in [9.17, 15) is 26.3 Å². The lowest BCUT2D eigenvalue weighted by Crippen LogP contribution is -2.09. The molecule has 0 aliphatic carbocycles. The highest BCUT2D eigenvalue weighted by molar-refractivity contribution is 5.67. The molecular formula is C19H11F6N5O. The van der Waals surface area contributed by atoms with Gasteiger partial charge in [-0.25, -0.2) is 14.4 Å². The van der Waals surface area contributed by atoms with Gasteiger partial charge in [0, 0.05) is 18.0 Å². The second-order valence-corrected chi connectivity index (χ2v) is 6.17. The van der Waals surface area contributed by atoms with E-state index in [0.717, 1.165) is 18.3 Å². The largest absolute Gasteiger partial charge is 0.435 e. The minimum atomic E-state index is -4.74. The van der Waals surface area contributed by atoms with Crippen LogP contribution >= 0.6 is 0 Å². The van der Waals surface area contributed by atoms with Crippen molar-refractivity contribution in [2.24, 2.45) is 0 Å². The Hall–Kier alpha value is -3.83. The fourth-order valence-electron chi connectivity index (χ4n) is 2.90. The number of fused-ring (bicyclic) bond motifs is 1. The van der Waals surface area contributed by atoms with Crippen LogP contribution in [0.4, 0.5) is 37.8 Å². The lowest BCUT2D eigenvalue weighted by molar-refractivity contribution is -0.140. The maximum Gasteiger partial charge on any atom is 0.435 e. The Morgan fingerprint density at radius 2 is 1.84 bits per heavy atom. The Morgan fingerprint density at radius 3 is 2.55 bits per heavy atom. The van der Waals surface area contributed by atoms with Crippen LogP contribution in [0.15, 0.2) is 55.0 Å². The maximum atomic E-state index is 13.9. The van der Waals surface area contributed by atoms with E-state index in [-0.39, 0.29) is 28.5 Å². The summed E-state index contributed by atoms with van der Waals surface area (Å²) in [6.45, 7) is -3.19. The first-order valence-corrected chi connectivity index (χ1v) is 8.60. The quantitative estimate of drug-likeness (QED) is 0.428. The first-order valence-electron chi connectivity index (χ1n) is 8.60. The van der Waals surface area contributed by atoms with Gasteiger partial charge in [0.25, 0.3) is 0 Å². The lowest BCUT2D eigenvalue weighted by atomic mass is 10.2. The molecule has 0 radical (unpaired) electrons. The Morgan fingerprint density at radius 1 is 1.03 bits per heavy atom. The van der Waals surface area contributed by atoms with E-state index >= 15 is 0 Å². The summed E-state index contributed by atoms with van der Waals surface area (Å²) in [6.07, 6.45) is -0.986. The third kappa shape index (κ3) is 4.22. The summed E-state index contributed by atoms with van der Waals surface area (Å²) in [5.74, 6) is -1.71. The van der Waals surface area contributed by atoms with Crippen LogP contribution in [0.3, 0.4) is 0 Å². The number of nitrogens with one attached hydrogen (secondary N) is 1. The third-order valence-corrected chi connectivity index (χ3v) is 4.10. The summed E-state index contributed by atoms with van der Waals surface area (Å²) in [5.41, 5.74) is -1.41. The van der Waals surface area contributed by atoms with Gasteiger partial charge in [-0.1, -0.05) is 6.07 Å². The second kappa shape index (κ2) is 7.78. The Labute approximate surface area is 170 Å². The molecule has 31 heavy (non-hydrogen) atoms. The molecule has 0 amide bonds. The van der Waals surface area contributed by atoms with Crippen molar-refractivity contribution in [2.45, 2.75) is 12.8 Å². The van der Waals surface area contributed by atoms with Crippen LogP contribution in [0, 0.1) is 5.82 Å². The number of anilines is 2. The lowest BCUT2D eigenvalue weighted by Gasteiger charge is -2.11. The van der Waals surface area contributed by atoms with Crippen molar-refractivity contribution in [3.05, 3.63) is 66.5 Å². The number of aromatic nitrogens is 4. The summed E-state index contributed by atoms with van der Waals surface area (Å²) < 4.78 is 84.3. The molecule has 160 valence electrons. The molecule has 12 heteroatoms. The minimum absolute atomic E-state index is 0.00145. The summed E-state index contributed by atoms with van der Waals surface area (Å²) in [7, 11) is 0. The molecule has 6 nitrogen and oxygen atoms in total. The molecule has 3 aromatic heterocycles. The molecule has 0 saturated carbocycles. The highest BCUT2D eigenvalue weighted by Gasteiger charge is 2.38. The van der Waals surface area contributed by atoms with Crippen LogP contribution in [0.25, 0.3) is 17.0 Å². The molecule has 0 saturated heterocycles. The second-order valence-electron chi connectivity index (χ2n) is 6.17. The molecule has 1 N–H and O–H groups in total. The Bertz CT molecular complexity index is 1240. The van der Waals surface area contributed by atoms with Gasteiger partial charge >= 0.3 is 12.8 Å². The van der Waals surface area contributed by atoms with Crippen LogP contribution in [0.5, 0.6) is 5.75 Å². The number of rotatable bonds is 5. The number of imidazole rings is 1. The van der Waals surface area contributed by atoms with Crippen LogP contribution in [-0.2, 0) is 6.18 Å². The molecule has 0 aliphatic rings. The van der Waals surface area contributed by atoms with Crippen molar-refractivity contribution < 1.29 is 31.1 Å². The molecule has 0 unspecified atom stereocenters. The van der Waals surface area contributed by atoms with Crippen molar-refractivity contribution in [3.8, 4) is 17.1 Å². The number of ether oxygens (including phenoxy) is 1. The molecule has 0 spiro atoms. The van der Waals surface area contributed by atoms with Gasteiger partial charge in [0.05, 0.1) is 12.4 Å². The van der Waals surface area contributed by atoms with Crippen LogP contribution in [0.1, 0.15) is 5.69 Å². The van der Waals surface area contributed by atoms with E-state index in [1.165, 1.54) is 28.9 Å². The summed E-state index contributed by atoms with van der Waals surface area (Å²) in [6, 6.07) is 7.60.